The van der Waals surface area contributed by atoms with Crippen LogP contribution >= 0.6 is 0 Å². The minimum atomic E-state index is 0. The number of anilines is 2. The van der Waals surface area contributed by atoms with E-state index in [0.29, 0.717) is 37.7 Å². The van der Waals surface area contributed by atoms with E-state index in [0.717, 1.165) is 24.2 Å². The normalized spacial score (nSPS) is 10.4. The molecule has 0 aliphatic rings. The molecule has 2 aromatic heterocycles. The molecule has 0 saturated heterocycles. The second kappa shape index (κ2) is 12.1. The number of halogens is 2. The summed E-state index contributed by atoms with van der Waals surface area (Å²) in [7, 11) is 0. The molecule has 0 aliphatic heterocycles. The van der Waals surface area contributed by atoms with Crippen LogP contribution in [0.25, 0.3) is 0 Å². The van der Waals surface area contributed by atoms with Crippen LogP contribution in [0.5, 0.6) is 0 Å². The Labute approximate surface area is 199 Å². The Balaban J connectivity index is 0.00000181. The van der Waals surface area contributed by atoms with Crippen molar-refractivity contribution in [2.45, 2.75) is 38.8 Å². The molecule has 4 aromatic rings. The summed E-state index contributed by atoms with van der Waals surface area (Å²) in [5, 5.41) is 8.18. The van der Waals surface area contributed by atoms with Gasteiger partial charge in [-0.3, -0.25) is 9.05 Å². The first-order valence-corrected chi connectivity index (χ1v) is 10.1. The second-order valence-corrected chi connectivity index (χ2v) is 7.19. The number of aryl methyl sites for hydroxylation is 4. The van der Waals surface area contributed by atoms with Crippen molar-refractivity contribution in [3.05, 3.63) is 83.2 Å². The van der Waals surface area contributed by atoms with Crippen LogP contribution in [0.2, 0.25) is 0 Å². The third-order valence-electron chi connectivity index (χ3n) is 5.18. The Hall–Kier alpha value is -3.10. The van der Waals surface area contributed by atoms with E-state index in [1.807, 2.05) is 45.8 Å². The summed E-state index contributed by atoms with van der Waals surface area (Å²) < 4.78 is 14.1. The molecular weight excluding hydrogens is 451 g/mol. The van der Waals surface area contributed by atoms with Gasteiger partial charge in [-0.05, 0) is 20.5 Å². The van der Waals surface area contributed by atoms with Gasteiger partial charge in [0.15, 0.2) is 13.1 Å². The van der Waals surface area contributed by atoms with Gasteiger partial charge < -0.3 is 36.3 Å². The van der Waals surface area contributed by atoms with Crippen molar-refractivity contribution in [1.29, 1.82) is 0 Å². The third-order valence-corrected chi connectivity index (χ3v) is 5.18. The summed E-state index contributed by atoms with van der Waals surface area (Å²) in [6.45, 7) is 1.38. The molecule has 0 aliphatic carbocycles. The van der Waals surface area contributed by atoms with E-state index in [2.05, 4.69) is 34.8 Å². The maximum atomic E-state index is 6.03. The number of benzene rings is 2. The Morgan fingerprint density at radius 2 is 0.969 bits per heavy atom. The molecule has 0 radical (unpaired) electrons. The lowest BCUT2D eigenvalue weighted by Gasteiger charge is -1.98. The van der Waals surface area contributed by atoms with Gasteiger partial charge in [0.2, 0.25) is 10.5 Å². The van der Waals surface area contributed by atoms with Crippen molar-refractivity contribution < 1.29 is 43.2 Å². The van der Waals surface area contributed by atoms with Crippen molar-refractivity contribution in [2.75, 3.05) is 11.5 Å². The number of aromatic nitrogens is 4. The van der Waals surface area contributed by atoms with Crippen LogP contribution in [0.1, 0.15) is 22.5 Å². The highest BCUT2D eigenvalue weighted by atomic mass is 35.5. The molecule has 4 N–H and O–H groups in total. The van der Waals surface area contributed by atoms with Gasteiger partial charge in [-0.2, -0.15) is 0 Å². The number of rotatable bonds is 9. The van der Waals surface area contributed by atoms with Gasteiger partial charge in [-0.25, -0.2) is 0 Å². The molecule has 32 heavy (non-hydrogen) atoms. The van der Waals surface area contributed by atoms with E-state index >= 15 is 0 Å². The lowest BCUT2D eigenvalue weighted by atomic mass is 10.1. The van der Waals surface area contributed by atoms with Crippen molar-refractivity contribution in [1.82, 2.24) is 10.5 Å². The van der Waals surface area contributed by atoms with Crippen LogP contribution in [0.3, 0.4) is 0 Å². The molecule has 0 saturated carbocycles. The van der Waals surface area contributed by atoms with Crippen molar-refractivity contribution in [3.63, 3.8) is 0 Å². The smallest absolute Gasteiger partial charge is 0.296 e. The lowest BCUT2D eigenvalue weighted by molar-refractivity contribution is -0.771. The van der Waals surface area contributed by atoms with Gasteiger partial charge in [0.1, 0.15) is 0 Å². The molecule has 0 spiro atoms. The number of nitrogens with two attached hydrogens (primary N) is 2. The molecule has 0 unspecified atom stereocenters. The topological polar surface area (TPSA) is 112 Å². The summed E-state index contributed by atoms with van der Waals surface area (Å²) >= 11 is 0. The third kappa shape index (κ3) is 6.21. The maximum Gasteiger partial charge on any atom is 0.296 e. The molecule has 0 bridgehead atoms. The fourth-order valence-corrected chi connectivity index (χ4v) is 3.50. The average molecular weight is 477 g/mol. The van der Waals surface area contributed by atoms with E-state index in [-0.39, 0.29) is 24.8 Å². The molecular formula is C22H26Cl2N6O2. The number of hydrogen-bond acceptors (Lipinski definition) is 6. The van der Waals surface area contributed by atoms with E-state index in [9.17, 15) is 0 Å². The summed E-state index contributed by atoms with van der Waals surface area (Å²) in [6, 6.07) is 20.5. The van der Waals surface area contributed by atoms with Gasteiger partial charge in [-0.15, -0.1) is 0 Å². The van der Waals surface area contributed by atoms with Gasteiger partial charge >= 0.3 is 0 Å². The summed E-state index contributed by atoms with van der Waals surface area (Å²) in [4.78, 5) is 0. The Bertz CT molecular complexity index is 999. The lowest BCUT2D eigenvalue weighted by Crippen LogP contribution is -3.00. The van der Waals surface area contributed by atoms with Gasteiger partial charge in [-0.1, -0.05) is 60.7 Å². The molecule has 0 atom stereocenters. The van der Waals surface area contributed by atoms with Crippen molar-refractivity contribution in [2.24, 2.45) is 0 Å². The van der Waals surface area contributed by atoms with Crippen molar-refractivity contribution in [3.8, 4) is 0 Å². The fourth-order valence-electron chi connectivity index (χ4n) is 3.50. The molecule has 2 aromatic carbocycles. The van der Waals surface area contributed by atoms with E-state index in [1.165, 1.54) is 11.1 Å². The molecule has 8 nitrogen and oxygen atoms in total. The number of nitrogen functional groups attached to an aromatic ring is 2. The molecule has 4 rings (SSSR count). The van der Waals surface area contributed by atoms with Crippen LogP contribution in [-0.2, 0) is 38.8 Å². The summed E-state index contributed by atoms with van der Waals surface area (Å²) in [5.74, 6) is 0.655. The molecule has 10 heteroatoms. The van der Waals surface area contributed by atoms with E-state index < -0.39 is 0 Å². The first-order valence-electron chi connectivity index (χ1n) is 10.1. The summed E-state index contributed by atoms with van der Waals surface area (Å²) in [6.07, 6.45) is 2.94. The zero-order valence-electron chi connectivity index (χ0n) is 17.5. The SMILES string of the molecule is Nc1on[n+](CCc2ccccc2)c1CCc1c(N)on[n+]1CCc1ccccc1.[Cl-].[Cl-]. The largest absolute Gasteiger partial charge is 1.00 e. The predicted molar refractivity (Wildman–Crippen MR) is 110 cm³/mol. The van der Waals surface area contributed by atoms with Gasteiger partial charge in [0, 0.05) is 12.8 Å². The minimum Gasteiger partial charge on any atom is -1.00 e. The quantitative estimate of drug-likeness (QED) is 0.236. The highest BCUT2D eigenvalue weighted by molar-refractivity contribution is 5.29. The number of hydrogen-bond donors (Lipinski definition) is 2. The number of nitrogens with zero attached hydrogens (tertiary/aromatic N) is 4. The zero-order valence-corrected chi connectivity index (χ0v) is 19.0. The highest BCUT2D eigenvalue weighted by Crippen LogP contribution is 2.13. The molecule has 170 valence electrons. The molecule has 0 amide bonds. The van der Waals surface area contributed by atoms with Crippen molar-refractivity contribution >= 4 is 11.8 Å². The van der Waals surface area contributed by atoms with Crippen LogP contribution < -0.4 is 45.6 Å². The zero-order chi connectivity index (χ0) is 20.8. The van der Waals surface area contributed by atoms with Crippen LogP contribution in [0.4, 0.5) is 11.8 Å². The van der Waals surface area contributed by atoms with E-state index in [1.54, 1.807) is 0 Å². The predicted octanol–water partition coefficient (Wildman–Crippen LogP) is -4.32. The maximum absolute atomic E-state index is 6.03. The van der Waals surface area contributed by atoms with Crippen LogP contribution in [0.15, 0.2) is 69.7 Å². The second-order valence-electron chi connectivity index (χ2n) is 7.19. The first kappa shape index (κ1) is 25.2. The van der Waals surface area contributed by atoms with Gasteiger partial charge in [0.25, 0.3) is 23.2 Å². The van der Waals surface area contributed by atoms with Crippen LogP contribution in [-0.4, -0.2) is 10.5 Å². The monoisotopic (exact) mass is 476 g/mol. The van der Waals surface area contributed by atoms with Crippen LogP contribution in [0, 0.1) is 0 Å². The molecule has 2 heterocycles. The average Bonchev–Trinajstić information content (AvgIpc) is 3.32. The van der Waals surface area contributed by atoms with Gasteiger partial charge in [0.05, 0.1) is 12.8 Å². The molecule has 0 fully saturated rings. The first-order chi connectivity index (χ1) is 14.7. The minimum absolute atomic E-state index is 0. The van der Waals surface area contributed by atoms with E-state index in [4.69, 9.17) is 20.5 Å². The summed E-state index contributed by atoms with van der Waals surface area (Å²) in [5.41, 5.74) is 16.2. The highest BCUT2D eigenvalue weighted by Gasteiger charge is 2.28. The standard InChI is InChI=1S/C22H26N6O2.2ClH/c23-21-19(27(25-29-21)15-13-17-7-3-1-4-8-17)11-12-20-22(24)30-26-28(20)16-14-18-9-5-2-6-10-18;;/h1-10H,11-16,23-24H2;2*1H/q+2;;/p-2. The Morgan fingerprint density at radius 3 is 1.34 bits per heavy atom. The fraction of sp³-hybridized carbons (Fsp3) is 0.273. The Morgan fingerprint density at radius 1 is 0.594 bits per heavy atom. The Kier molecular flexibility index (Phi) is 9.49.